The quantitative estimate of drug-likeness (QED) is 0.842. The maximum absolute atomic E-state index is 13.0. The molecule has 110 valence electrons. The van der Waals surface area contributed by atoms with Crippen LogP contribution < -0.4 is 5.32 Å². The van der Waals surface area contributed by atoms with E-state index in [9.17, 15) is 14.0 Å². The minimum atomic E-state index is -0.952. The highest BCUT2D eigenvalue weighted by Crippen LogP contribution is 2.13. The average molecular weight is 281 g/mol. The van der Waals surface area contributed by atoms with Crippen molar-refractivity contribution < 1.29 is 19.1 Å². The van der Waals surface area contributed by atoms with E-state index in [1.807, 2.05) is 13.8 Å². The standard InChI is InChI=1S/C15H20FNO3/c1-9(2)6-12(8-14(18)19)17-15(20)13-5-4-11(16)7-10(13)3/h4-5,7,9,12H,6,8H2,1-3H3,(H,17,20)(H,18,19)/t12-/m1/s1. The summed E-state index contributed by atoms with van der Waals surface area (Å²) >= 11 is 0. The molecule has 0 aliphatic carbocycles. The van der Waals surface area contributed by atoms with Crippen LogP contribution in [0.4, 0.5) is 4.39 Å². The number of aliphatic carboxylic acids is 1. The van der Waals surface area contributed by atoms with Crippen molar-refractivity contribution in [3.05, 3.63) is 35.1 Å². The van der Waals surface area contributed by atoms with Crippen LogP contribution in [-0.2, 0) is 4.79 Å². The van der Waals surface area contributed by atoms with Crippen LogP contribution in [0.3, 0.4) is 0 Å². The van der Waals surface area contributed by atoms with Crippen LogP contribution in [0.1, 0.15) is 42.6 Å². The lowest BCUT2D eigenvalue weighted by Crippen LogP contribution is -2.37. The van der Waals surface area contributed by atoms with E-state index in [2.05, 4.69) is 5.32 Å². The fourth-order valence-electron chi connectivity index (χ4n) is 2.12. The lowest BCUT2D eigenvalue weighted by atomic mass is 10.00. The molecule has 1 amide bonds. The first-order valence-corrected chi connectivity index (χ1v) is 6.58. The predicted molar refractivity (Wildman–Crippen MR) is 74.1 cm³/mol. The normalized spacial score (nSPS) is 12.2. The number of carbonyl (C=O) groups excluding carboxylic acids is 1. The number of halogens is 1. The number of nitrogens with one attached hydrogen (secondary N) is 1. The zero-order valence-corrected chi connectivity index (χ0v) is 11.9. The summed E-state index contributed by atoms with van der Waals surface area (Å²) in [5.41, 5.74) is 0.895. The fourth-order valence-corrected chi connectivity index (χ4v) is 2.12. The van der Waals surface area contributed by atoms with E-state index in [4.69, 9.17) is 5.11 Å². The number of carbonyl (C=O) groups is 2. The van der Waals surface area contributed by atoms with Crippen LogP contribution in [0, 0.1) is 18.7 Å². The molecule has 0 saturated carbocycles. The average Bonchev–Trinajstić information content (AvgIpc) is 2.26. The van der Waals surface area contributed by atoms with Gasteiger partial charge in [0.05, 0.1) is 6.42 Å². The Bertz CT molecular complexity index is 500. The summed E-state index contributed by atoms with van der Waals surface area (Å²) < 4.78 is 13.0. The molecular formula is C15H20FNO3. The lowest BCUT2D eigenvalue weighted by molar-refractivity contribution is -0.137. The van der Waals surface area contributed by atoms with Gasteiger partial charge in [-0.05, 0) is 43.0 Å². The molecule has 0 fully saturated rings. The Balaban J connectivity index is 2.81. The number of rotatable bonds is 6. The van der Waals surface area contributed by atoms with E-state index >= 15 is 0 Å². The molecule has 4 nitrogen and oxygen atoms in total. The predicted octanol–water partition coefficient (Wildman–Crippen LogP) is 2.75. The summed E-state index contributed by atoms with van der Waals surface area (Å²) in [4.78, 5) is 22.9. The monoisotopic (exact) mass is 281 g/mol. The van der Waals surface area contributed by atoms with Crippen LogP contribution in [0.2, 0.25) is 0 Å². The van der Waals surface area contributed by atoms with Crippen LogP contribution in [0.25, 0.3) is 0 Å². The maximum Gasteiger partial charge on any atom is 0.305 e. The number of amides is 1. The van der Waals surface area contributed by atoms with Crippen molar-refractivity contribution in [3.63, 3.8) is 0 Å². The molecule has 20 heavy (non-hydrogen) atoms. The van der Waals surface area contributed by atoms with E-state index in [0.29, 0.717) is 17.5 Å². The van der Waals surface area contributed by atoms with Gasteiger partial charge in [-0.25, -0.2) is 4.39 Å². The molecule has 1 rings (SSSR count). The van der Waals surface area contributed by atoms with Gasteiger partial charge >= 0.3 is 5.97 Å². The molecular weight excluding hydrogens is 261 g/mol. The third kappa shape index (κ3) is 4.99. The van der Waals surface area contributed by atoms with Crippen molar-refractivity contribution in [1.82, 2.24) is 5.32 Å². The smallest absolute Gasteiger partial charge is 0.305 e. The summed E-state index contributed by atoms with van der Waals surface area (Å²) in [5, 5.41) is 11.6. The zero-order chi connectivity index (χ0) is 15.3. The van der Waals surface area contributed by atoms with Crippen molar-refractivity contribution >= 4 is 11.9 Å². The SMILES string of the molecule is Cc1cc(F)ccc1C(=O)N[C@@H](CC(=O)O)CC(C)C. The van der Waals surface area contributed by atoms with Gasteiger partial charge in [0.2, 0.25) is 0 Å². The third-order valence-electron chi connectivity index (χ3n) is 2.95. The molecule has 1 atom stereocenters. The second-order valence-electron chi connectivity index (χ2n) is 5.36. The van der Waals surface area contributed by atoms with E-state index in [0.717, 1.165) is 0 Å². The van der Waals surface area contributed by atoms with Crippen molar-refractivity contribution in [1.29, 1.82) is 0 Å². The van der Waals surface area contributed by atoms with Crippen molar-refractivity contribution in [2.75, 3.05) is 0 Å². The van der Waals surface area contributed by atoms with Gasteiger partial charge in [-0.15, -0.1) is 0 Å². The Labute approximate surface area is 118 Å². The van der Waals surface area contributed by atoms with Gasteiger partial charge in [0.25, 0.3) is 5.91 Å². The highest BCUT2D eigenvalue weighted by atomic mass is 19.1. The van der Waals surface area contributed by atoms with Crippen LogP contribution in [0.5, 0.6) is 0 Å². The minimum absolute atomic E-state index is 0.121. The molecule has 0 aliphatic rings. The van der Waals surface area contributed by atoms with Gasteiger partial charge in [-0.3, -0.25) is 9.59 Å². The first-order valence-electron chi connectivity index (χ1n) is 6.58. The molecule has 1 aromatic rings. The van der Waals surface area contributed by atoms with Gasteiger partial charge < -0.3 is 10.4 Å². The molecule has 0 spiro atoms. The van der Waals surface area contributed by atoms with Crippen LogP contribution >= 0.6 is 0 Å². The molecule has 0 heterocycles. The Morgan fingerprint density at radius 2 is 2.00 bits per heavy atom. The van der Waals surface area contributed by atoms with E-state index in [1.54, 1.807) is 6.92 Å². The number of hydrogen-bond donors (Lipinski definition) is 2. The first kappa shape index (κ1) is 16.1. The Kier molecular flexibility index (Phi) is 5.67. The first-order chi connectivity index (χ1) is 9.29. The molecule has 0 aliphatic heterocycles. The van der Waals surface area contributed by atoms with Crippen LogP contribution in [0.15, 0.2) is 18.2 Å². The van der Waals surface area contributed by atoms with Crippen molar-refractivity contribution in [3.8, 4) is 0 Å². The summed E-state index contributed by atoms with van der Waals surface area (Å²) in [6.45, 7) is 5.57. The Morgan fingerprint density at radius 3 is 2.50 bits per heavy atom. The summed E-state index contributed by atoms with van der Waals surface area (Å²) in [6.07, 6.45) is 0.461. The summed E-state index contributed by atoms with van der Waals surface area (Å²) in [5.74, 6) is -1.45. The molecule has 0 unspecified atom stereocenters. The Hall–Kier alpha value is -1.91. The summed E-state index contributed by atoms with van der Waals surface area (Å²) in [6, 6.07) is 3.48. The topological polar surface area (TPSA) is 66.4 Å². The molecule has 0 bridgehead atoms. The van der Waals surface area contributed by atoms with Gasteiger partial charge in [0.1, 0.15) is 5.82 Å². The largest absolute Gasteiger partial charge is 0.481 e. The second kappa shape index (κ2) is 7.03. The third-order valence-corrected chi connectivity index (χ3v) is 2.95. The number of carboxylic acid groups (broad SMARTS) is 1. The molecule has 0 saturated heterocycles. The number of hydrogen-bond acceptors (Lipinski definition) is 2. The molecule has 2 N–H and O–H groups in total. The van der Waals surface area contributed by atoms with Crippen molar-refractivity contribution in [2.24, 2.45) is 5.92 Å². The van der Waals surface area contributed by atoms with E-state index in [1.165, 1.54) is 18.2 Å². The molecule has 5 heteroatoms. The Morgan fingerprint density at radius 1 is 1.35 bits per heavy atom. The minimum Gasteiger partial charge on any atom is -0.481 e. The van der Waals surface area contributed by atoms with Crippen molar-refractivity contribution in [2.45, 2.75) is 39.7 Å². The highest BCUT2D eigenvalue weighted by molar-refractivity contribution is 5.96. The van der Waals surface area contributed by atoms with E-state index < -0.39 is 17.8 Å². The van der Waals surface area contributed by atoms with Gasteiger partial charge in [0.15, 0.2) is 0 Å². The highest BCUT2D eigenvalue weighted by Gasteiger charge is 2.19. The van der Waals surface area contributed by atoms with Crippen LogP contribution in [-0.4, -0.2) is 23.0 Å². The fraction of sp³-hybridized carbons (Fsp3) is 0.467. The van der Waals surface area contributed by atoms with Gasteiger partial charge in [-0.1, -0.05) is 13.8 Å². The number of aryl methyl sites for hydroxylation is 1. The molecule has 0 radical (unpaired) electrons. The lowest BCUT2D eigenvalue weighted by Gasteiger charge is -2.19. The maximum atomic E-state index is 13.0. The second-order valence-corrected chi connectivity index (χ2v) is 5.36. The van der Waals surface area contributed by atoms with Gasteiger partial charge in [-0.2, -0.15) is 0 Å². The molecule has 0 aromatic heterocycles. The van der Waals surface area contributed by atoms with E-state index in [-0.39, 0.29) is 18.2 Å². The van der Waals surface area contributed by atoms with Gasteiger partial charge in [0, 0.05) is 11.6 Å². The number of benzene rings is 1. The summed E-state index contributed by atoms with van der Waals surface area (Å²) in [7, 11) is 0. The number of carboxylic acids is 1. The zero-order valence-electron chi connectivity index (χ0n) is 11.9. The molecule has 1 aromatic carbocycles.